The normalized spacial score (nSPS) is 24.0. The minimum Gasteiger partial charge on any atom is -0.387 e. The van der Waals surface area contributed by atoms with Crippen LogP contribution in [0.2, 0.25) is 5.28 Å². The first-order valence-corrected chi connectivity index (χ1v) is 12.4. The highest BCUT2D eigenvalue weighted by Gasteiger charge is 2.44. The number of ether oxygens (including phenoxy) is 2. The van der Waals surface area contributed by atoms with E-state index < -0.39 is 44.5 Å². The molecule has 1 aliphatic heterocycles. The van der Waals surface area contributed by atoms with Crippen molar-refractivity contribution in [1.29, 1.82) is 0 Å². The molecule has 1 aromatic carbocycles. The molecule has 184 valence electrons. The average Bonchev–Trinajstić information content (AvgIpc) is 3.29. The molecule has 0 amide bonds. The molecular weight excluding hydrogens is 494 g/mol. The third-order valence-electron chi connectivity index (χ3n) is 5.42. The summed E-state index contributed by atoms with van der Waals surface area (Å²) < 4.78 is 37.2. The van der Waals surface area contributed by atoms with Gasteiger partial charge < -0.3 is 39.4 Å². The lowest BCUT2D eigenvalue weighted by atomic mass is 10.1. The molecule has 3 aromatic rings. The molecule has 11 nitrogen and oxygen atoms in total. The Kier molecular flexibility index (Phi) is 7.22. The number of benzene rings is 1. The predicted molar refractivity (Wildman–Crippen MR) is 120 cm³/mol. The van der Waals surface area contributed by atoms with Crippen molar-refractivity contribution in [3.8, 4) is 0 Å². The van der Waals surface area contributed by atoms with Gasteiger partial charge in [0.05, 0.1) is 18.0 Å². The summed E-state index contributed by atoms with van der Waals surface area (Å²) in [5.74, 6) is -0.0426. The number of halogens is 2. The molecule has 14 heteroatoms. The molecular formula is C20H23ClFN4O7P. The van der Waals surface area contributed by atoms with E-state index in [1.807, 2.05) is 0 Å². The van der Waals surface area contributed by atoms with E-state index in [0.29, 0.717) is 16.8 Å². The van der Waals surface area contributed by atoms with Crippen LogP contribution in [0.4, 0.5) is 10.2 Å². The second kappa shape index (κ2) is 9.84. The van der Waals surface area contributed by atoms with Crippen LogP contribution in [-0.4, -0.2) is 65.8 Å². The zero-order valence-electron chi connectivity index (χ0n) is 17.8. The third kappa shape index (κ3) is 5.24. The van der Waals surface area contributed by atoms with Crippen LogP contribution in [0.3, 0.4) is 0 Å². The van der Waals surface area contributed by atoms with Crippen LogP contribution >= 0.6 is 19.2 Å². The Morgan fingerprint density at radius 2 is 2.00 bits per heavy atom. The van der Waals surface area contributed by atoms with Crippen molar-refractivity contribution in [3.63, 3.8) is 0 Å². The number of hydrogen-bond donors (Lipinski definition) is 5. The van der Waals surface area contributed by atoms with E-state index in [1.54, 1.807) is 37.4 Å². The van der Waals surface area contributed by atoms with Crippen LogP contribution in [0.25, 0.3) is 11.0 Å². The molecule has 5 N–H and O–H groups in total. The van der Waals surface area contributed by atoms with Crippen molar-refractivity contribution in [2.24, 2.45) is 0 Å². The molecule has 1 saturated heterocycles. The number of nitrogens with one attached hydrogen (secondary N) is 1. The fourth-order valence-corrected chi connectivity index (χ4v) is 4.32. The SMILES string of the molecule is CC(Nc1nc(Cl)nc2c1ccn2[C@@H]1O[C@H](COCP(=O)(O)O)[C@@H](O)[C@H]1O)c1ccccc1F. The molecule has 1 aliphatic rings. The lowest BCUT2D eigenvalue weighted by Gasteiger charge is -2.19. The molecule has 0 bridgehead atoms. The Hall–Kier alpha value is -2.15. The Balaban J connectivity index is 1.58. The molecule has 0 radical (unpaired) electrons. The topological polar surface area (TPSA) is 159 Å². The number of aromatic nitrogens is 3. The van der Waals surface area contributed by atoms with E-state index in [1.165, 1.54) is 10.6 Å². The fraction of sp³-hybridized carbons (Fsp3) is 0.400. The maximum Gasteiger partial charge on any atom is 0.350 e. The van der Waals surface area contributed by atoms with E-state index in [2.05, 4.69) is 15.3 Å². The van der Waals surface area contributed by atoms with Crippen LogP contribution in [0.1, 0.15) is 24.8 Å². The van der Waals surface area contributed by atoms with Crippen LogP contribution in [-0.2, 0) is 14.0 Å². The maximum atomic E-state index is 14.2. The highest BCUT2D eigenvalue weighted by atomic mass is 35.5. The number of aliphatic hydroxyl groups is 2. The summed E-state index contributed by atoms with van der Waals surface area (Å²) in [6.07, 6.45) is -4.17. The number of nitrogens with zero attached hydrogens (tertiary/aromatic N) is 3. The van der Waals surface area contributed by atoms with Crippen molar-refractivity contribution < 1.29 is 38.4 Å². The number of rotatable bonds is 8. The van der Waals surface area contributed by atoms with Gasteiger partial charge in [-0.15, -0.1) is 0 Å². The summed E-state index contributed by atoms with van der Waals surface area (Å²) in [5.41, 5.74) is 0.719. The summed E-state index contributed by atoms with van der Waals surface area (Å²) in [6.45, 7) is 1.42. The van der Waals surface area contributed by atoms with Gasteiger partial charge in [0, 0.05) is 11.8 Å². The van der Waals surface area contributed by atoms with Crippen LogP contribution in [0, 0.1) is 5.82 Å². The average molecular weight is 517 g/mol. The third-order valence-corrected chi connectivity index (χ3v) is 6.11. The molecule has 5 atom stereocenters. The largest absolute Gasteiger partial charge is 0.387 e. The van der Waals surface area contributed by atoms with Gasteiger partial charge in [-0.1, -0.05) is 18.2 Å². The van der Waals surface area contributed by atoms with Crippen LogP contribution < -0.4 is 5.32 Å². The van der Waals surface area contributed by atoms with E-state index in [9.17, 15) is 19.2 Å². The summed E-state index contributed by atoms with van der Waals surface area (Å²) >= 11 is 6.13. The van der Waals surface area contributed by atoms with Gasteiger partial charge in [-0.2, -0.15) is 4.98 Å². The van der Waals surface area contributed by atoms with Crippen molar-refractivity contribution in [1.82, 2.24) is 14.5 Å². The second-order valence-corrected chi connectivity index (χ2v) is 9.83. The van der Waals surface area contributed by atoms with E-state index in [-0.39, 0.29) is 23.4 Å². The van der Waals surface area contributed by atoms with Crippen molar-refractivity contribution in [2.45, 2.75) is 37.5 Å². The van der Waals surface area contributed by atoms with Gasteiger partial charge in [-0.05, 0) is 30.7 Å². The maximum absolute atomic E-state index is 14.2. The highest BCUT2D eigenvalue weighted by Crippen LogP contribution is 2.37. The van der Waals surface area contributed by atoms with Crippen molar-refractivity contribution >= 4 is 36.0 Å². The van der Waals surface area contributed by atoms with Gasteiger partial charge in [0.1, 0.15) is 41.9 Å². The van der Waals surface area contributed by atoms with E-state index >= 15 is 0 Å². The molecule has 1 fully saturated rings. The molecule has 1 unspecified atom stereocenters. The molecule has 0 saturated carbocycles. The number of fused-ring (bicyclic) bond motifs is 1. The van der Waals surface area contributed by atoms with Gasteiger partial charge in [0.15, 0.2) is 6.23 Å². The van der Waals surface area contributed by atoms with Crippen LogP contribution in [0.5, 0.6) is 0 Å². The standard InChI is InChI=1S/C20H23ClFN4O7P/c1-10(11-4-2-3-5-13(11)22)23-17-12-6-7-26(18(12)25-20(21)24-17)19-16(28)15(27)14(33-19)8-32-9-34(29,30)31/h2-7,10,14-16,19,27-28H,8-9H2,1H3,(H,23,24,25)(H2,29,30,31)/t10?,14-,15-,16-,19-/m1/s1. The molecule has 0 spiro atoms. The van der Waals surface area contributed by atoms with Gasteiger partial charge >= 0.3 is 7.60 Å². The fourth-order valence-electron chi connectivity index (χ4n) is 3.82. The lowest BCUT2D eigenvalue weighted by Crippen LogP contribution is -2.33. The highest BCUT2D eigenvalue weighted by molar-refractivity contribution is 7.51. The number of anilines is 1. The van der Waals surface area contributed by atoms with Gasteiger partial charge in [0.2, 0.25) is 5.28 Å². The first-order valence-electron chi connectivity index (χ1n) is 10.2. The van der Waals surface area contributed by atoms with E-state index in [0.717, 1.165) is 0 Å². The van der Waals surface area contributed by atoms with Gasteiger partial charge in [-0.25, -0.2) is 9.37 Å². The van der Waals surface area contributed by atoms with Crippen molar-refractivity contribution in [2.75, 3.05) is 18.3 Å². The quantitative estimate of drug-likeness (QED) is 0.222. The van der Waals surface area contributed by atoms with E-state index in [4.69, 9.17) is 30.9 Å². The Labute approximate surface area is 198 Å². The van der Waals surface area contributed by atoms with Gasteiger partial charge in [-0.3, -0.25) is 4.57 Å². The van der Waals surface area contributed by atoms with Crippen LogP contribution in [0.15, 0.2) is 36.5 Å². The Bertz CT molecular complexity index is 1220. The minimum atomic E-state index is -4.39. The number of aliphatic hydroxyl groups excluding tert-OH is 2. The smallest absolute Gasteiger partial charge is 0.350 e. The summed E-state index contributed by atoms with van der Waals surface area (Å²) in [7, 11) is -4.39. The molecule has 34 heavy (non-hydrogen) atoms. The second-order valence-electron chi connectivity index (χ2n) is 7.90. The Morgan fingerprint density at radius 1 is 1.26 bits per heavy atom. The zero-order chi connectivity index (χ0) is 24.6. The van der Waals surface area contributed by atoms with Crippen molar-refractivity contribution in [3.05, 3.63) is 53.2 Å². The van der Waals surface area contributed by atoms with Gasteiger partial charge in [0.25, 0.3) is 0 Å². The molecule has 0 aliphatic carbocycles. The Morgan fingerprint density at radius 3 is 2.71 bits per heavy atom. The first kappa shape index (κ1) is 25.0. The monoisotopic (exact) mass is 516 g/mol. The summed E-state index contributed by atoms with van der Waals surface area (Å²) in [4.78, 5) is 26.2. The minimum absolute atomic E-state index is 0.106. The molecule has 4 rings (SSSR count). The zero-order valence-corrected chi connectivity index (χ0v) is 19.5. The summed E-state index contributed by atoms with van der Waals surface area (Å²) in [5, 5.41) is 24.4. The molecule has 2 aromatic heterocycles. The first-order chi connectivity index (χ1) is 16.0. The predicted octanol–water partition coefficient (Wildman–Crippen LogP) is 2.17. The number of hydrogen-bond acceptors (Lipinski definition) is 8. The lowest BCUT2D eigenvalue weighted by molar-refractivity contribution is -0.0610. The summed E-state index contributed by atoms with van der Waals surface area (Å²) in [6, 6.07) is 7.52. The molecule has 3 heterocycles.